The Morgan fingerprint density at radius 1 is 1.21 bits per heavy atom. The first-order chi connectivity index (χ1) is 14.1. The van der Waals surface area contributed by atoms with Crippen LogP contribution in [0.15, 0.2) is 10.5 Å². The highest BCUT2D eigenvalue weighted by atomic mass is 79.9. The number of nitrogen functional groups attached to an aromatic ring is 1. The first-order valence-corrected chi connectivity index (χ1v) is 12.0. The number of benzene rings is 1. The van der Waals surface area contributed by atoms with Crippen LogP contribution in [-0.4, -0.2) is 50.1 Å². The average molecular weight is 463 g/mol. The van der Waals surface area contributed by atoms with E-state index in [0.717, 1.165) is 77.6 Å². The second-order valence-electron chi connectivity index (χ2n) is 9.31. The van der Waals surface area contributed by atoms with Crippen LogP contribution in [-0.2, 0) is 11.2 Å². The van der Waals surface area contributed by atoms with Gasteiger partial charge in [0.15, 0.2) is 5.78 Å². The zero-order valence-electron chi connectivity index (χ0n) is 17.0. The summed E-state index contributed by atoms with van der Waals surface area (Å²) in [5.41, 5.74) is 8.63. The van der Waals surface area contributed by atoms with Crippen molar-refractivity contribution in [2.45, 2.75) is 38.5 Å². The van der Waals surface area contributed by atoms with E-state index >= 15 is 0 Å². The zero-order chi connectivity index (χ0) is 20.0. The maximum atomic E-state index is 13.0. The normalized spacial score (nSPS) is 29.2. The van der Waals surface area contributed by atoms with Gasteiger partial charge < -0.3 is 20.1 Å². The monoisotopic (exact) mass is 462 g/mol. The molecule has 0 aromatic heterocycles. The largest absolute Gasteiger partial charge is 0.492 e. The molecular formula is C23H31BrN2O3. The number of anilines is 1. The van der Waals surface area contributed by atoms with E-state index in [1.54, 1.807) is 0 Å². The molecule has 0 bridgehead atoms. The number of carbonyl (C=O) groups excluding carboxylic acids is 1. The molecule has 0 spiro atoms. The molecule has 6 heteroatoms. The number of carbonyl (C=O) groups is 1. The van der Waals surface area contributed by atoms with E-state index in [1.807, 2.05) is 6.07 Å². The van der Waals surface area contributed by atoms with E-state index in [0.29, 0.717) is 18.6 Å². The highest BCUT2D eigenvalue weighted by Gasteiger charge is 2.54. The number of fused-ring (bicyclic) bond motifs is 2. The van der Waals surface area contributed by atoms with Crippen LogP contribution < -0.4 is 10.5 Å². The van der Waals surface area contributed by atoms with Gasteiger partial charge in [-0.05, 0) is 77.8 Å². The van der Waals surface area contributed by atoms with Crippen LogP contribution >= 0.6 is 15.9 Å². The molecule has 1 saturated carbocycles. The fraction of sp³-hybridized carbons (Fsp3) is 0.696. The molecule has 1 aromatic rings. The summed E-state index contributed by atoms with van der Waals surface area (Å²) < 4.78 is 12.2. The summed E-state index contributed by atoms with van der Waals surface area (Å²) >= 11 is 3.53. The lowest BCUT2D eigenvalue weighted by atomic mass is 9.95. The second kappa shape index (κ2) is 8.20. The number of Topliss-reactive ketones (excluding diaryl/α,β-unsaturated/α-hetero) is 1. The van der Waals surface area contributed by atoms with Crippen molar-refractivity contribution in [3.05, 3.63) is 21.7 Å². The van der Waals surface area contributed by atoms with E-state index < -0.39 is 0 Å². The molecule has 2 unspecified atom stereocenters. The van der Waals surface area contributed by atoms with Gasteiger partial charge in [-0.25, -0.2) is 0 Å². The smallest absolute Gasteiger partial charge is 0.166 e. The Morgan fingerprint density at radius 3 is 2.72 bits per heavy atom. The number of rotatable bonds is 6. The van der Waals surface area contributed by atoms with E-state index in [2.05, 4.69) is 20.8 Å². The lowest BCUT2D eigenvalue weighted by Gasteiger charge is -2.28. The maximum Gasteiger partial charge on any atom is 0.166 e. The van der Waals surface area contributed by atoms with Crippen LogP contribution in [0, 0.1) is 23.7 Å². The predicted molar refractivity (Wildman–Crippen MR) is 116 cm³/mol. The quantitative estimate of drug-likeness (QED) is 0.512. The Labute approximate surface area is 181 Å². The number of halogens is 1. The van der Waals surface area contributed by atoms with Crippen molar-refractivity contribution < 1.29 is 14.3 Å². The number of nitrogens with two attached hydrogens (primary N) is 1. The molecule has 29 heavy (non-hydrogen) atoms. The zero-order valence-corrected chi connectivity index (χ0v) is 18.6. The Kier molecular flexibility index (Phi) is 5.61. The second-order valence-corrected chi connectivity index (χ2v) is 10.2. The highest BCUT2D eigenvalue weighted by Crippen LogP contribution is 2.54. The molecule has 2 saturated heterocycles. The number of likely N-dealkylation sites (tertiary alicyclic amines) is 1. The lowest BCUT2D eigenvalue weighted by Crippen LogP contribution is -2.33. The Morgan fingerprint density at radius 2 is 1.97 bits per heavy atom. The van der Waals surface area contributed by atoms with Gasteiger partial charge in [-0.15, -0.1) is 0 Å². The number of ether oxygens (including phenoxy) is 2. The SMILES string of the molecule is Nc1c(Br)cc(C(=O)CCC2C3CN(CC4CCOCC4)CC23)c2c1CCCO2. The summed E-state index contributed by atoms with van der Waals surface area (Å²) in [6, 6.07) is 1.87. The van der Waals surface area contributed by atoms with E-state index in [4.69, 9.17) is 15.2 Å². The first-order valence-electron chi connectivity index (χ1n) is 11.2. The Bertz CT molecular complexity index is 781. The summed E-state index contributed by atoms with van der Waals surface area (Å²) in [4.78, 5) is 15.7. The third-order valence-electron chi connectivity index (χ3n) is 7.50. The topological polar surface area (TPSA) is 64.8 Å². The van der Waals surface area contributed by atoms with Crippen molar-refractivity contribution in [3.8, 4) is 5.75 Å². The number of hydrogen-bond acceptors (Lipinski definition) is 5. The van der Waals surface area contributed by atoms with Crippen molar-refractivity contribution in [1.82, 2.24) is 4.90 Å². The third-order valence-corrected chi connectivity index (χ3v) is 8.16. The third kappa shape index (κ3) is 3.96. The Hall–Kier alpha value is -1.11. The first kappa shape index (κ1) is 19.8. The minimum atomic E-state index is 0.202. The number of piperidine rings is 1. The molecule has 2 atom stereocenters. The molecule has 5 nitrogen and oxygen atoms in total. The summed E-state index contributed by atoms with van der Waals surface area (Å²) in [5.74, 6) is 4.11. The number of ketones is 1. The van der Waals surface area contributed by atoms with Crippen LogP contribution in [0.5, 0.6) is 5.75 Å². The maximum absolute atomic E-state index is 13.0. The fourth-order valence-corrected chi connectivity index (χ4v) is 6.25. The molecule has 158 valence electrons. The van der Waals surface area contributed by atoms with E-state index in [9.17, 15) is 4.79 Å². The van der Waals surface area contributed by atoms with Crippen molar-refractivity contribution in [1.29, 1.82) is 0 Å². The summed E-state index contributed by atoms with van der Waals surface area (Å²) in [5, 5.41) is 0. The van der Waals surface area contributed by atoms with Crippen molar-refractivity contribution in [2.24, 2.45) is 23.7 Å². The highest BCUT2D eigenvalue weighted by molar-refractivity contribution is 9.10. The van der Waals surface area contributed by atoms with Gasteiger partial charge in [-0.3, -0.25) is 4.79 Å². The standard InChI is InChI=1S/C23H31BrN2O3/c24-20-10-17(23-16(22(20)25)2-1-7-29-23)21(27)4-3-15-18-12-26(13-19(15)18)11-14-5-8-28-9-6-14/h10,14-15,18-19H,1-9,11-13,25H2. The van der Waals surface area contributed by atoms with Crippen molar-refractivity contribution >= 4 is 27.4 Å². The summed E-state index contributed by atoms with van der Waals surface area (Å²) in [6.07, 6.45) is 5.90. The average Bonchev–Trinajstić information content (AvgIpc) is 3.20. The van der Waals surface area contributed by atoms with Crippen LogP contribution in [0.25, 0.3) is 0 Å². The fourth-order valence-electron chi connectivity index (χ4n) is 5.78. The number of hydrogen-bond donors (Lipinski definition) is 1. The van der Waals surface area contributed by atoms with Gasteiger partial charge in [0.25, 0.3) is 0 Å². The van der Waals surface area contributed by atoms with Gasteiger partial charge in [0, 0.05) is 49.3 Å². The van der Waals surface area contributed by atoms with Gasteiger partial charge in [-0.2, -0.15) is 0 Å². The molecule has 2 N–H and O–H groups in total. The molecule has 1 aromatic carbocycles. The molecule has 3 fully saturated rings. The molecular weight excluding hydrogens is 432 g/mol. The summed E-state index contributed by atoms with van der Waals surface area (Å²) in [7, 11) is 0. The minimum Gasteiger partial charge on any atom is -0.492 e. The minimum absolute atomic E-state index is 0.202. The van der Waals surface area contributed by atoms with Gasteiger partial charge >= 0.3 is 0 Å². The summed E-state index contributed by atoms with van der Waals surface area (Å²) in [6.45, 7) is 6.24. The van der Waals surface area contributed by atoms with Crippen LogP contribution in [0.3, 0.4) is 0 Å². The lowest BCUT2D eigenvalue weighted by molar-refractivity contribution is 0.0535. The molecule has 1 aliphatic carbocycles. The molecule has 4 aliphatic rings. The van der Waals surface area contributed by atoms with E-state index in [1.165, 1.54) is 32.5 Å². The van der Waals surface area contributed by atoms with Crippen LogP contribution in [0.2, 0.25) is 0 Å². The molecule has 0 amide bonds. The molecule has 3 heterocycles. The van der Waals surface area contributed by atoms with Gasteiger partial charge in [0.2, 0.25) is 0 Å². The Balaban J connectivity index is 1.14. The molecule has 5 rings (SSSR count). The van der Waals surface area contributed by atoms with Gasteiger partial charge in [0.1, 0.15) is 5.75 Å². The number of nitrogens with zero attached hydrogens (tertiary/aromatic N) is 1. The van der Waals surface area contributed by atoms with E-state index in [-0.39, 0.29) is 5.78 Å². The molecule has 0 radical (unpaired) electrons. The van der Waals surface area contributed by atoms with Crippen LogP contribution in [0.4, 0.5) is 5.69 Å². The van der Waals surface area contributed by atoms with Crippen molar-refractivity contribution in [3.63, 3.8) is 0 Å². The predicted octanol–water partition coefficient (Wildman–Crippen LogP) is 3.92. The molecule has 3 aliphatic heterocycles. The van der Waals surface area contributed by atoms with Gasteiger partial charge in [0.05, 0.1) is 17.9 Å². The van der Waals surface area contributed by atoms with Gasteiger partial charge in [-0.1, -0.05) is 0 Å². The van der Waals surface area contributed by atoms with Crippen LogP contribution in [0.1, 0.15) is 48.0 Å². The van der Waals surface area contributed by atoms with Crippen molar-refractivity contribution in [2.75, 3.05) is 45.2 Å².